The second kappa shape index (κ2) is 10.6. The van der Waals surface area contributed by atoms with Crippen LogP contribution >= 0.6 is 38.5 Å². The van der Waals surface area contributed by atoms with E-state index >= 15 is 0 Å². The zero-order valence-corrected chi connectivity index (χ0v) is 20.0. The molecule has 3 rings (SSSR count). The van der Waals surface area contributed by atoms with Crippen LogP contribution in [0.1, 0.15) is 41.6 Å². The van der Waals surface area contributed by atoms with E-state index in [0.29, 0.717) is 12.1 Å². The van der Waals surface area contributed by atoms with E-state index in [9.17, 15) is 4.79 Å². The third-order valence-corrected chi connectivity index (χ3v) is 6.23. The van der Waals surface area contributed by atoms with Gasteiger partial charge in [0, 0.05) is 20.3 Å². The van der Waals surface area contributed by atoms with Crippen LogP contribution < -0.4 is 10.6 Å². The summed E-state index contributed by atoms with van der Waals surface area (Å²) in [7, 11) is 0. The van der Waals surface area contributed by atoms with Crippen molar-refractivity contribution in [1.82, 2.24) is 10.2 Å². The first-order valence-corrected chi connectivity index (χ1v) is 11.7. The number of hydrogen-bond donors (Lipinski definition) is 2. The third-order valence-electron chi connectivity index (χ3n) is 5.07. The van der Waals surface area contributed by atoms with Crippen molar-refractivity contribution in [3.8, 4) is 0 Å². The molecule has 2 aromatic carbocycles. The Morgan fingerprint density at radius 2 is 1.86 bits per heavy atom. The van der Waals surface area contributed by atoms with E-state index in [1.807, 2.05) is 18.2 Å². The summed E-state index contributed by atoms with van der Waals surface area (Å²) in [5, 5.41) is 6.51. The van der Waals surface area contributed by atoms with E-state index in [2.05, 4.69) is 79.2 Å². The standard InChI is InChI=1S/C22H27BrIN3O/c1-16-14-18(24)7-9-20(16)26-21-8-6-17(23)15-19(21)22(28)25-10-5-13-27-11-3-2-4-12-27/h6-9,14-15,26H,2-5,10-13H2,1H3,(H,25,28). The maximum absolute atomic E-state index is 12.8. The van der Waals surface area contributed by atoms with Gasteiger partial charge in [0.1, 0.15) is 0 Å². The molecule has 0 bridgehead atoms. The average Bonchev–Trinajstić information content (AvgIpc) is 2.69. The number of halogens is 2. The number of nitrogens with one attached hydrogen (secondary N) is 2. The predicted molar refractivity (Wildman–Crippen MR) is 129 cm³/mol. The van der Waals surface area contributed by atoms with Gasteiger partial charge in [0.2, 0.25) is 0 Å². The van der Waals surface area contributed by atoms with E-state index < -0.39 is 0 Å². The number of anilines is 2. The number of nitrogens with zero attached hydrogens (tertiary/aromatic N) is 1. The van der Waals surface area contributed by atoms with Gasteiger partial charge in [-0.15, -0.1) is 0 Å². The SMILES string of the molecule is Cc1cc(I)ccc1Nc1ccc(Br)cc1C(=O)NCCCN1CCCCC1. The molecule has 28 heavy (non-hydrogen) atoms. The molecule has 1 aliphatic rings. The van der Waals surface area contributed by atoms with Gasteiger partial charge in [-0.2, -0.15) is 0 Å². The van der Waals surface area contributed by atoms with Gasteiger partial charge in [-0.25, -0.2) is 0 Å². The number of carbonyl (C=O) groups is 1. The van der Waals surface area contributed by atoms with E-state index in [1.54, 1.807) is 0 Å². The minimum absolute atomic E-state index is 0.0365. The lowest BCUT2D eigenvalue weighted by Gasteiger charge is -2.26. The Labute approximate surface area is 189 Å². The molecule has 0 spiro atoms. The third kappa shape index (κ3) is 6.19. The highest BCUT2D eigenvalue weighted by Gasteiger charge is 2.14. The van der Waals surface area contributed by atoms with Crippen LogP contribution in [0.2, 0.25) is 0 Å². The number of benzene rings is 2. The quantitative estimate of drug-likeness (QED) is 0.340. The fourth-order valence-electron chi connectivity index (χ4n) is 3.51. The molecule has 2 N–H and O–H groups in total. The predicted octanol–water partition coefficient (Wildman–Crippen LogP) is 5.71. The van der Waals surface area contributed by atoms with Gasteiger partial charge < -0.3 is 15.5 Å². The van der Waals surface area contributed by atoms with Crippen LogP contribution in [0, 0.1) is 10.5 Å². The summed E-state index contributed by atoms with van der Waals surface area (Å²) in [5.41, 5.74) is 3.65. The largest absolute Gasteiger partial charge is 0.355 e. The molecule has 0 aromatic heterocycles. The van der Waals surface area contributed by atoms with E-state index in [4.69, 9.17) is 0 Å². The Hall–Kier alpha value is -1.12. The first-order chi connectivity index (χ1) is 13.5. The Kier molecular flexibility index (Phi) is 8.17. The lowest BCUT2D eigenvalue weighted by molar-refractivity contribution is 0.0952. The highest BCUT2D eigenvalue weighted by atomic mass is 127. The Balaban J connectivity index is 1.61. The zero-order chi connectivity index (χ0) is 19.9. The van der Waals surface area contributed by atoms with E-state index in [-0.39, 0.29) is 5.91 Å². The van der Waals surface area contributed by atoms with Crippen LogP contribution in [0.5, 0.6) is 0 Å². The van der Waals surface area contributed by atoms with E-state index in [1.165, 1.54) is 35.9 Å². The minimum atomic E-state index is -0.0365. The molecule has 1 aliphatic heterocycles. The Morgan fingerprint density at radius 1 is 1.11 bits per heavy atom. The van der Waals surface area contributed by atoms with Crippen LogP contribution in [0.4, 0.5) is 11.4 Å². The minimum Gasteiger partial charge on any atom is -0.355 e. The Morgan fingerprint density at radius 3 is 2.61 bits per heavy atom. The fourth-order valence-corrected chi connectivity index (χ4v) is 4.52. The second-order valence-electron chi connectivity index (χ2n) is 7.29. The zero-order valence-electron chi connectivity index (χ0n) is 16.2. The summed E-state index contributed by atoms with van der Waals surface area (Å²) in [6.45, 7) is 6.23. The van der Waals surface area contributed by atoms with Crippen molar-refractivity contribution in [3.63, 3.8) is 0 Å². The molecule has 0 radical (unpaired) electrons. The van der Waals surface area contributed by atoms with Crippen LogP contribution in [-0.4, -0.2) is 37.0 Å². The number of rotatable bonds is 7. The van der Waals surface area contributed by atoms with Crippen LogP contribution in [0.3, 0.4) is 0 Å². The lowest BCUT2D eigenvalue weighted by atomic mass is 10.1. The molecule has 1 fully saturated rings. The number of likely N-dealkylation sites (tertiary alicyclic amines) is 1. The van der Waals surface area contributed by atoms with Gasteiger partial charge in [0.05, 0.1) is 11.3 Å². The van der Waals surface area contributed by atoms with Crippen molar-refractivity contribution >= 4 is 55.8 Å². The van der Waals surface area contributed by atoms with Gasteiger partial charge in [0.15, 0.2) is 0 Å². The molecular formula is C22H27BrIN3O. The molecule has 1 saturated heterocycles. The molecule has 0 saturated carbocycles. The van der Waals surface area contributed by atoms with Gasteiger partial charge >= 0.3 is 0 Å². The molecule has 0 aliphatic carbocycles. The molecule has 1 heterocycles. The van der Waals surface area contributed by atoms with Gasteiger partial charge in [-0.1, -0.05) is 22.4 Å². The number of amides is 1. The normalized spacial score (nSPS) is 14.7. The highest BCUT2D eigenvalue weighted by molar-refractivity contribution is 14.1. The van der Waals surface area contributed by atoms with Gasteiger partial charge in [-0.05, 0) is 110 Å². The van der Waals surface area contributed by atoms with E-state index in [0.717, 1.165) is 34.4 Å². The van der Waals surface area contributed by atoms with Gasteiger partial charge in [-0.3, -0.25) is 4.79 Å². The van der Waals surface area contributed by atoms with Crippen LogP contribution in [0.15, 0.2) is 40.9 Å². The molecule has 6 heteroatoms. The molecule has 0 unspecified atom stereocenters. The van der Waals surface area contributed by atoms with Crippen LogP contribution in [0.25, 0.3) is 0 Å². The van der Waals surface area contributed by atoms with Crippen molar-refractivity contribution in [2.45, 2.75) is 32.6 Å². The topological polar surface area (TPSA) is 44.4 Å². The first kappa shape index (κ1) is 21.6. The molecule has 2 aromatic rings. The summed E-state index contributed by atoms with van der Waals surface area (Å²) < 4.78 is 2.10. The maximum atomic E-state index is 12.8. The molecule has 0 atom stereocenters. The molecule has 4 nitrogen and oxygen atoms in total. The molecular weight excluding hydrogens is 529 g/mol. The van der Waals surface area contributed by atoms with Crippen molar-refractivity contribution in [2.75, 3.05) is 31.5 Å². The lowest BCUT2D eigenvalue weighted by Crippen LogP contribution is -2.33. The number of carbonyl (C=O) groups excluding carboxylic acids is 1. The number of hydrogen-bond acceptors (Lipinski definition) is 3. The Bertz CT molecular complexity index is 821. The number of piperidine rings is 1. The first-order valence-electron chi connectivity index (χ1n) is 9.86. The summed E-state index contributed by atoms with van der Waals surface area (Å²) >= 11 is 5.80. The van der Waals surface area contributed by atoms with Crippen LogP contribution in [-0.2, 0) is 0 Å². The van der Waals surface area contributed by atoms with Gasteiger partial charge in [0.25, 0.3) is 5.91 Å². The summed E-state index contributed by atoms with van der Waals surface area (Å²) in [4.78, 5) is 15.3. The average molecular weight is 556 g/mol. The highest BCUT2D eigenvalue weighted by Crippen LogP contribution is 2.27. The smallest absolute Gasteiger partial charge is 0.253 e. The molecule has 1 amide bonds. The molecule has 150 valence electrons. The fraction of sp³-hybridized carbons (Fsp3) is 0.409. The van der Waals surface area contributed by atoms with Crippen molar-refractivity contribution in [2.24, 2.45) is 0 Å². The monoisotopic (exact) mass is 555 g/mol. The van der Waals surface area contributed by atoms with Crippen molar-refractivity contribution < 1.29 is 4.79 Å². The maximum Gasteiger partial charge on any atom is 0.253 e. The number of aryl methyl sites for hydroxylation is 1. The summed E-state index contributed by atoms with van der Waals surface area (Å²) in [6, 6.07) is 12.0. The summed E-state index contributed by atoms with van der Waals surface area (Å²) in [6.07, 6.45) is 4.94. The van der Waals surface area contributed by atoms with Crippen molar-refractivity contribution in [3.05, 3.63) is 55.6 Å². The second-order valence-corrected chi connectivity index (χ2v) is 9.45. The van der Waals surface area contributed by atoms with Crippen molar-refractivity contribution in [1.29, 1.82) is 0 Å². The summed E-state index contributed by atoms with van der Waals surface area (Å²) in [5.74, 6) is -0.0365.